The van der Waals surface area contributed by atoms with Crippen LogP contribution < -0.4 is 0 Å². The predicted molar refractivity (Wildman–Crippen MR) is 86.7 cm³/mol. The molecule has 1 fully saturated rings. The standard InChI is InChI=1S/C18H27NO3/c1-18(2,3)22-17(20)19(4)15-11-8-12-16(15)21-13-14-9-6-5-7-10-14/h5-7,9-10,15-16H,8,11-13H2,1-4H3/t15-,16-/m1/s1. The van der Waals surface area contributed by atoms with E-state index in [2.05, 4.69) is 12.1 Å². The number of amides is 1. The van der Waals surface area contributed by atoms with E-state index in [1.54, 1.807) is 4.90 Å². The number of likely N-dealkylation sites (N-methyl/N-ethyl adjacent to an activating group) is 1. The third-order valence-electron chi connectivity index (χ3n) is 3.90. The Hall–Kier alpha value is -1.55. The fourth-order valence-corrected chi connectivity index (χ4v) is 2.79. The van der Waals surface area contributed by atoms with Gasteiger partial charge in [-0.05, 0) is 45.6 Å². The molecule has 122 valence electrons. The van der Waals surface area contributed by atoms with Crippen molar-refractivity contribution in [3.63, 3.8) is 0 Å². The van der Waals surface area contributed by atoms with E-state index in [1.807, 2.05) is 46.0 Å². The Bertz CT molecular complexity index is 481. The summed E-state index contributed by atoms with van der Waals surface area (Å²) in [4.78, 5) is 13.9. The van der Waals surface area contributed by atoms with Crippen LogP contribution in [0.15, 0.2) is 30.3 Å². The minimum absolute atomic E-state index is 0.0812. The molecular weight excluding hydrogens is 278 g/mol. The van der Waals surface area contributed by atoms with Gasteiger partial charge in [-0.1, -0.05) is 30.3 Å². The smallest absolute Gasteiger partial charge is 0.410 e. The van der Waals surface area contributed by atoms with Crippen LogP contribution in [0.25, 0.3) is 0 Å². The largest absolute Gasteiger partial charge is 0.444 e. The lowest BCUT2D eigenvalue weighted by molar-refractivity contribution is -0.0192. The van der Waals surface area contributed by atoms with Crippen LogP contribution in [0.2, 0.25) is 0 Å². The van der Waals surface area contributed by atoms with Crippen molar-refractivity contribution in [3.05, 3.63) is 35.9 Å². The molecule has 0 heterocycles. The van der Waals surface area contributed by atoms with Crippen LogP contribution in [0.3, 0.4) is 0 Å². The van der Waals surface area contributed by atoms with Crippen molar-refractivity contribution in [3.8, 4) is 0 Å². The predicted octanol–water partition coefficient (Wildman–Crippen LogP) is 3.99. The highest BCUT2D eigenvalue weighted by atomic mass is 16.6. The van der Waals surface area contributed by atoms with E-state index in [9.17, 15) is 4.79 Å². The SMILES string of the molecule is CN(C(=O)OC(C)(C)C)[C@@H]1CCC[C@H]1OCc1ccccc1. The molecule has 1 aliphatic rings. The van der Waals surface area contributed by atoms with Crippen LogP contribution >= 0.6 is 0 Å². The van der Waals surface area contributed by atoms with Gasteiger partial charge in [-0.2, -0.15) is 0 Å². The fraction of sp³-hybridized carbons (Fsp3) is 0.611. The lowest BCUT2D eigenvalue weighted by Gasteiger charge is -2.31. The lowest BCUT2D eigenvalue weighted by Crippen LogP contribution is -2.44. The number of nitrogens with zero attached hydrogens (tertiary/aromatic N) is 1. The molecule has 0 spiro atoms. The van der Waals surface area contributed by atoms with E-state index in [0.29, 0.717) is 6.61 Å². The number of ether oxygens (including phenoxy) is 2. The van der Waals surface area contributed by atoms with Gasteiger partial charge in [0.1, 0.15) is 5.60 Å². The zero-order valence-corrected chi connectivity index (χ0v) is 14.0. The molecule has 4 heteroatoms. The van der Waals surface area contributed by atoms with Crippen molar-refractivity contribution < 1.29 is 14.3 Å². The van der Waals surface area contributed by atoms with Gasteiger partial charge in [0.2, 0.25) is 0 Å². The summed E-state index contributed by atoms with van der Waals surface area (Å²) in [7, 11) is 1.81. The second-order valence-corrected chi connectivity index (χ2v) is 6.92. The van der Waals surface area contributed by atoms with E-state index in [-0.39, 0.29) is 18.2 Å². The van der Waals surface area contributed by atoms with Gasteiger partial charge in [0.05, 0.1) is 18.8 Å². The molecule has 2 atom stereocenters. The molecule has 0 N–H and O–H groups in total. The highest BCUT2D eigenvalue weighted by molar-refractivity contribution is 5.68. The molecule has 1 aliphatic carbocycles. The molecule has 0 radical (unpaired) electrons. The number of carbonyl (C=O) groups excluding carboxylic acids is 1. The molecular formula is C18H27NO3. The van der Waals surface area contributed by atoms with E-state index in [4.69, 9.17) is 9.47 Å². The summed E-state index contributed by atoms with van der Waals surface area (Å²) in [5, 5.41) is 0. The molecule has 22 heavy (non-hydrogen) atoms. The van der Waals surface area contributed by atoms with Gasteiger partial charge in [0, 0.05) is 7.05 Å². The average molecular weight is 305 g/mol. The number of hydrogen-bond acceptors (Lipinski definition) is 3. The van der Waals surface area contributed by atoms with Crippen molar-refractivity contribution in [1.82, 2.24) is 4.90 Å². The molecule has 0 unspecified atom stereocenters. The Balaban J connectivity index is 1.91. The number of benzene rings is 1. The molecule has 1 aromatic rings. The first-order valence-corrected chi connectivity index (χ1v) is 7.98. The first-order chi connectivity index (χ1) is 10.4. The summed E-state index contributed by atoms with van der Waals surface area (Å²) in [5.74, 6) is 0. The first-order valence-electron chi connectivity index (χ1n) is 7.98. The van der Waals surface area contributed by atoms with Gasteiger partial charge in [-0.25, -0.2) is 4.79 Å². The average Bonchev–Trinajstić information content (AvgIpc) is 2.92. The van der Waals surface area contributed by atoms with Crippen molar-refractivity contribution >= 4 is 6.09 Å². The highest BCUT2D eigenvalue weighted by Crippen LogP contribution is 2.28. The van der Waals surface area contributed by atoms with Crippen molar-refractivity contribution in [2.24, 2.45) is 0 Å². The molecule has 1 amide bonds. The van der Waals surface area contributed by atoms with Gasteiger partial charge < -0.3 is 14.4 Å². The number of hydrogen-bond donors (Lipinski definition) is 0. The zero-order valence-electron chi connectivity index (χ0n) is 14.0. The molecule has 0 saturated heterocycles. The van der Waals surface area contributed by atoms with Gasteiger partial charge in [-0.3, -0.25) is 0 Å². The summed E-state index contributed by atoms with van der Waals surface area (Å²) in [6.07, 6.45) is 2.85. The maximum absolute atomic E-state index is 12.2. The maximum Gasteiger partial charge on any atom is 0.410 e. The Labute approximate surface area is 133 Å². The minimum atomic E-state index is -0.468. The second-order valence-electron chi connectivity index (χ2n) is 6.92. The summed E-state index contributed by atoms with van der Waals surface area (Å²) in [6, 6.07) is 10.2. The van der Waals surface area contributed by atoms with E-state index < -0.39 is 5.60 Å². The Morgan fingerprint density at radius 1 is 1.23 bits per heavy atom. The molecule has 1 saturated carbocycles. The highest BCUT2D eigenvalue weighted by Gasteiger charge is 2.35. The lowest BCUT2D eigenvalue weighted by atomic mass is 10.2. The van der Waals surface area contributed by atoms with Gasteiger partial charge in [-0.15, -0.1) is 0 Å². The maximum atomic E-state index is 12.2. The summed E-state index contributed by atoms with van der Waals surface area (Å²) < 4.78 is 11.5. The third kappa shape index (κ3) is 4.73. The zero-order chi connectivity index (χ0) is 16.2. The normalized spacial score (nSPS) is 21.6. The molecule has 0 aromatic heterocycles. The van der Waals surface area contributed by atoms with Crippen LogP contribution in [-0.4, -0.2) is 35.8 Å². The van der Waals surface area contributed by atoms with E-state index in [1.165, 1.54) is 0 Å². The Kier molecular flexibility index (Phi) is 5.46. The molecule has 0 bridgehead atoms. The quantitative estimate of drug-likeness (QED) is 0.844. The molecule has 4 nitrogen and oxygen atoms in total. The van der Waals surface area contributed by atoms with Crippen LogP contribution in [0.5, 0.6) is 0 Å². The van der Waals surface area contributed by atoms with Crippen LogP contribution in [0.4, 0.5) is 4.79 Å². The Morgan fingerprint density at radius 2 is 1.91 bits per heavy atom. The van der Waals surface area contributed by atoms with Gasteiger partial charge in [0.15, 0.2) is 0 Å². The number of rotatable bonds is 4. The van der Waals surface area contributed by atoms with Crippen LogP contribution in [0, 0.1) is 0 Å². The molecule has 1 aromatic carbocycles. The van der Waals surface area contributed by atoms with Crippen LogP contribution in [0.1, 0.15) is 45.6 Å². The summed E-state index contributed by atoms with van der Waals surface area (Å²) >= 11 is 0. The van der Waals surface area contributed by atoms with Gasteiger partial charge >= 0.3 is 6.09 Å². The second kappa shape index (κ2) is 7.14. The third-order valence-corrected chi connectivity index (χ3v) is 3.90. The monoisotopic (exact) mass is 305 g/mol. The van der Waals surface area contributed by atoms with E-state index in [0.717, 1.165) is 24.8 Å². The summed E-state index contributed by atoms with van der Waals surface area (Å²) in [5.41, 5.74) is 0.692. The van der Waals surface area contributed by atoms with Crippen molar-refractivity contribution in [2.45, 2.75) is 64.4 Å². The molecule has 0 aliphatic heterocycles. The Morgan fingerprint density at radius 3 is 2.55 bits per heavy atom. The molecule has 2 rings (SSSR count). The first kappa shape index (κ1) is 16.8. The van der Waals surface area contributed by atoms with Crippen molar-refractivity contribution in [2.75, 3.05) is 7.05 Å². The summed E-state index contributed by atoms with van der Waals surface area (Å²) in [6.45, 7) is 6.24. The topological polar surface area (TPSA) is 38.8 Å². The van der Waals surface area contributed by atoms with Crippen molar-refractivity contribution in [1.29, 1.82) is 0 Å². The minimum Gasteiger partial charge on any atom is -0.444 e. The van der Waals surface area contributed by atoms with Crippen LogP contribution in [-0.2, 0) is 16.1 Å². The fourth-order valence-electron chi connectivity index (χ4n) is 2.79. The van der Waals surface area contributed by atoms with Gasteiger partial charge in [0.25, 0.3) is 0 Å². The number of carbonyl (C=O) groups is 1. The van der Waals surface area contributed by atoms with E-state index >= 15 is 0 Å².